The van der Waals surface area contributed by atoms with Crippen LogP contribution >= 0.6 is 0 Å². The lowest BCUT2D eigenvalue weighted by atomic mass is 9.82. The first-order valence-corrected chi connectivity index (χ1v) is 27.8. The van der Waals surface area contributed by atoms with E-state index in [4.69, 9.17) is 0 Å². The average Bonchev–Trinajstić information content (AvgIpc) is 0.682. The number of ether oxygens (including phenoxy) is 2. The molecule has 0 amide bonds. The van der Waals surface area contributed by atoms with Crippen molar-refractivity contribution in [2.24, 2.45) is 0 Å². The zero-order chi connectivity index (χ0) is 102. The van der Waals surface area contributed by atoms with Crippen molar-refractivity contribution in [1.82, 2.24) is 0 Å². The number of alkyl halides is 70. The van der Waals surface area contributed by atoms with Gasteiger partial charge in [-0.25, -0.2) is 9.59 Å². The maximum absolute atomic E-state index is 14.6. The molecule has 0 radical (unpaired) electrons. The quantitative estimate of drug-likeness (QED) is 0.0502. The van der Waals surface area contributed by atoms with Crippen molar-refractivity contribution >= 4 is 11.9 Å². The van der Waals surface area contributed by atoms with Gasteiger partial charge in [0.05, 0.1) is 23.3 Å². The van der Waals surface area contributed by atoms with Crippen LogP contribution in [0.4, 0.5) is 307 Å². The van der Waals surface area contributed by atoms with Crippen LogP contribution < -0.4 is 0 Å². The van der Waals surface area contributed by atoms with E-state index in [1.54, 1.807) is 0 Å². The van der Waals surface area contributed by atoms with Gasteiger partial charge in [0.15, 0.2) is 0 Å². The minimum Gasteiger partial charge on any atom is -0.459 e. The Morgan fingerprint density at radius 3 is 0.411 bits per heavy atom. The molecule has 6 nitrogen and oxygen atoms in total. The Labute approximate surface area is 624 Å². The standard InChI is InChI=1S/C48H16F70O6/c49-15(50,17(53,54)19(57,58)21(61,62)23(65,66)25(69,70)27(73,74)29(77,78)31(81,82)33(85,86)35(89,90)37(93,94)39(97,98)41(101,102)43(105,106)45(109,110)47(113,114)115)5-9(119)7-123-13(121)11-3-1-2-4-12(11)14(122)124-8-10(120)6-16(51,52)18(55,56)20(59,60)22(63,64)24(67,68)26(71,72)28(75,76)30(79,80)32(83,84)34(87,88)36(91,92)38(95,96)40(99,100)42(103,104)44(107,108)46(111,112)48(116,117)118/h1-4,9-10,119-120H,5-8H2. The predicted molar refractivity (Wildman–Crippen MR) is 239 cm³/mol. The summed E-state index contributed by atoms with van der Waals surface area (Å²) in [6.07, 6.45) is -34.6. The van der Waals surface area contributed by atoms with Crippen LogP contribution in [-0.4, -0.2) is 249 Å². The molecule has 0 aliphatic rings. The fraction of sp³-hybridized carbons (Fsp3) is 0.833. The van der Waals surface area contributed by atoms with Gasteiger partial charge in [-0.2, -0.15) is 307 Å². The van der Waals surface area contributed by atoms with Crippen LogP contribution in [0.5, 0.6) is 0 Å². The van der Waals surface area contributed by atoms with Gasteiger partial charge >= 0.3 is 214 Å². The fourth-order valence-electron chi connectivity index (χ4n) is 8.25. The number of aliphatic hydroxyl groups excluding tert-OH is 2. The Kier molecular flexibility index (Phi) is 28.2. The molecule has 0 bridgehead atoms. The Balaban J connectivity index is 3.75. The molecule has 2 unspecified atom stereocenters. The summed E-state index contributed by atoms with van der Waals surface area (Å²) in [5.41, 5.74) is -4.03. The second-order valence-electron chi connectivity index (χ2n) is 24.1. The molecule has 0 aliphatic carbocycles. The smallest absolute Gasteiger partial charge is 0.459 e. The van der Waals surface area contributed by atoms with Gasteiger partial charge in [-0.1, -0.05) is 12.1 Å². The number of carbonyl (C=O) groups is 2. The Hall–Kier alpha value is -6.82. The lowest BCUT2D eigenvalue weighted by molar-refractivity contribution is -0.492. The topological polar surface area (TPSA) is 93.1 Å². The monoisotopic (exact) mass is 2020 g/mol. The highest BCUT2D eigenvalue weighted by Gasteiger charge is 3.06. The highest BCUT2D eigenvalue weighted by molar-refractivity contribution is 6.03. The predicted octanol–water partition coefficient (Wildman–Crippen LogP) is 23.0. The Morgan fingerprint density at radius 1 is 0.194 bits per heavy atom. The van der Waals surface area contributed by atoms with Crippen LogP contribution in [0, 0.1) is 0 Å². The van der Waals surface area contributed by atoms with Crippen LogP contribution in [-0.2, 0) is 9.47 Å². The van der Waals surface area contributed by atoms with Gasteiger partial charge in [-0.15, -0.1) is 0 Å². The first kappa shape index (κ1) is 115. The van der Waals surface area contributed by atoms with Crippen LogP contribution in [0.3, 0.4) is 0 Å². The minimum atomic E-state index is -10.7. The molecular weight excluding hydrogens is 2000 g/mol. The van der Waals surface area contributed by atoms with E-state index in [0.717, 1.165) is 0 Å². The van der Waals surface area contributed by atoms with Gasteiger partial charge < -0.3 is 19.7 Å². The second-order valence-corrected chi connectivity index (χ2v) is 24.1. The summed E-state index contributed by atoms with van der Waals surface area (Å²) in [7, 11) is 0. The van der Waals surface area contributed by atoms with E-state index in [1.807, 2.05) is 0 Å². The minimum absolute atomic E-state index is 0.179. The van der Waals surface area contributed by atoms with Gasteiger partial charge in [0.2, 0.25) is 0 Å². The number of rotatable bonds is 40. The lowest BCUT2D eigenvalue weighted by Gasteiger charge is -2.47. The third-order valence-corrected chi connectivity index (χ3v) is 15.8. The zero-order valence-electron chi connectivity index (χ0n) is 54.3. The molecule has 0 heterocycles. The van der Waals surface area contributed by atoms with E-state index < -0.39 is 263 Å². The van der Waals surface area contributed by atoms with Crippen molar-refractivity contribution in [1.29, 1.82) is 0 Å². The SMILES string of the molecule is O=C(OCC(O)CC(F)(F)C(F)(F)C(F)(F)C(F)(F)C(F)(F)C(F)(F)C(F)(F)C(F)(F)C(F)(F)C(F)(F)C(F)(F)C(F)(F)C(F)(F)C(F)(F)C(F)(F)C(F)(F)C(F)(F)F)c1ccccc1C(=O)OCC(O)CC(F)(F)C(F)(F)C(F)(F)C(F)(F)C(F)(F)C(F)(F)C(F)(F)C(F)(F)C(F)(F)C(F)(F)C(F)(F)C(F)(F)C(F)(F)C(F)(F)C(F)(F)C(F)(F)C(F)(F)F. The molecule has 1 aromatic rings. The lowest BCUT2D eigenvalue weighted by Crippen LogP contribution is -2.80. The highest BCUT2D eigenvalue weighted by Crippen LogP contribution is 2.75. The van der Waals surface area contributed by atoms with E-state index in [9.17, 15) is 327 Å². The van der Waals surface area contributed by atoms with Crippen molar-refractivity contribution < 1.29 is 337 Å². The van der Waals surface area contributed by atoms with Gasteiger partial charge in [-0.3, -0.25) is 0 Å². The van der Waals surface area contributed by atoms with Crippen LogP contribution in [0.1, 0.15) is 33.6 Å². The third kappa shape index (κ3) is 14.6. The van der Waals surface area contributed by atoms with E-state index >= 15 is 0 Å². The van der Waals surface area contributed by atoms with Crippen LogP contribution in [0.15, 0.2) is 24.3 Å². The van der Waals surface area contributed by atoms with Crippen molar-refractivity contribution in [3.05, 3.63) is 35.4 Å². The molecule has 2 N–H and O–H groups in total. The number of hydrogen-bond acceptors (Lipinski definition) is 6. The largest absolute Gasteiger partial charge is 0.460 e. The first-order valence-electron chi connectivity index (χ1n) is 27.8. The normalized spacial score (nSPS) is 17.2. The van der Waals surface area contributed by atoms with E-state index in [-0.39, 0.29) is 24.3 Å². The molecular formula is C48H16F70O6. The summed E-state index contributed by atoms with van der Waals surface area (Å²) < 4.78 is 987. The van der Waals surface area contributed by atoms with Gasteiger partial charge in [0.25, 0.3) is 0 Å². The Morgan fingerprint density at radius 2 is 0.298 bits per heavy atom. The fourth-order valence-corrected chi connectivity index (χ4v) is 8.25. The molecule has 0 saturated carbocycles. The molecule has 0 saturated heterocycles. The molecule has 124 heavy (non-hydrogen) atoms. The zero-order valence-corrected chi connectivity index (χ0v) is 54.3. The molecule has 1 aromatic carbocycles. The Bertz CT molecular complexity index is 3710. The number of esters is 2. The van der Waals surface area contributed by atoms with Crippen molar-refractivity contribution in [3.63, 3.8) is 0 Å². The average molecular weight is 2020 g/mol. The van der Waals surface area contributed by atoms with Gasteiger partial charge in [0.1, 0.15) is 13.2 Å². The van der Waals surface area contributed by atoms with Crippen molar-refractivity contribution in [2.75, 3.05) is 13.2 Å². The van der Waals surface area contributed by atoms with Crippen molar-refractivity contribution in [2.45, 2.75) is 227 Å². The molecule has 1 rings (SSSR count). The number of benzene rings is 1. The second kappa shape index (κ2) is 30.4. The van der Waals surface area contributed by atoms with E-state index in [2.05, 4.69) is 9.47 Å². The molecule has 0 aromatic heterocycles. The van der Waals surface area contributed by atoms with Gasteiger partial charge in [-0.05, 0) is 12.1 Å². The van der Waals surface area contributed by atoms with Crippen LogP contribution in [0.2, 0.25) is 0 Å². The summed E-state index contributed by atoms with van der Waals surface area (Å²) >= 11 is 0. The molecule has 734 valence electrons. The molecule has 0 fully saturated rings. The molecule has 76 heteroatoms. The summed E-state index contributed by atoms with van der Waals surface area (Å²) in [5, 5.41) is 19.2. The summed E-state index contributed by atoms with van der Waals surface area (Å²) in [5.74, 6) is -328. The number of carbonyl (C=O) groups excluding carboxylic acids is 2. The van der Waals surface area contributed by atoms with Gasteiger partial charge in [0, 0.05) is 12.8 Å². The number of hydrogen-bond donors (Lipinski definition) is 2. The van der Waals surface area contributed by atoms with E-state index in [0.29, 0.717) is 0 Å². The summed E-state index contributed by atoms with van der Waals surface area (Å²) in [4.78, 5) is 25.1. The molecule has 0 spiro atoms. The van der Waals surface area contributed by atoms with Crippen LogP contribution in [0.25, 0.3) is 0 Å². The number of halogens is 70. The van der Waals surface area contributed by atoms with E-state index in [1.165, 1.54) is 0 Å². The highest BCUT2D eigenvalue weighted by atomic mass is 19.5. The maximum Gasteiger partial charge on any atom is 0.460 e. The number of aliphatic hydroxyl groups is 2. The molecule has 0 aliphatic heterocycles. The first-order chi connectivity index (χ1) is 52.8. The third-order valence-electron chi connectivity index (χ3n) is 15.8. The molecule has 2 atom stereocenters. The summed E-state index contributed by atoms with van der Waals surface area (Å²) in [6.45, 7) is -5.98. The summed E-state index contributed by atoms with van der Waals surface area (Å²) in [6, 6.07) is -0.0169. The maximum atomic E-state index is 14.6. The van der Waals surface area contributed by atoms with Crippen molar-refractivity contribution in [3.8, 4) is 0 Å².